The van der Waals surface area contributed by atoms with E-state index in [2.05, 4.69) is 25.6 Å². The lowest BCUT2D eigenvalue weighted by Crippen LogP contribution is -2.55. The molecule has 3 saturated heterocycles. The minimum atomic E-state index is -3.30. The van der Waals surface area contributed by atoms with Gasteiger partial charge in [0.05, 0.1) is 49.2 Å². The number of amides is 4. The van der Waals surface area contributed by atoms with Crippen LogP contribution >= 0.6 is 0 Å². The predicted molar refractivity (Wildman–Crippen MR) is 250 cm³/mol. The number of likely N-dealkylation sites (tertiary alicyclic amines) is 2. The molecule has 2 aromatic heterocycles. The van der Waals surface area contributed by atoms with Gasteiger partial charge in [0, 0.05) is 42.5 Å². The molecule has 11 rings (SSSR count). The van der Waals surface area contributed by atoms with Crippen LogP contribution in [-0.2, 0) is 29.7 Å². The molecule has 356 valence electrons. The van der Waals surface area contributed by atoms with Crippen LogP contribution in [0.5, 0.6) is 0 Å². The van der Waals surface area contributed by atoms with Gasteiger partial charge in [-0.25, -0.2) is 19.6 Å². The zero-order valence-corrected chi connectivity index (χ0v) is 38.2. The van der Waals surface area contributed by atoms with E-state index in [1.807, 2.05) is 35.2 Å². The second kappa shape index (κ2) is 17.7. The van der Waals surface area contributed by atoms with Crippen molar-refractivity contribution >= 4 is 35.0 Å². The summed E-state index contributed by atoms with van der Waals surface area (Å²) >= 11 is 0. The van der Waals surface area contributed by atoms with Crippen molar-refractivity contribution in [2.75, 3.05) is 34.0 Å². The summed E-state index contributed by atoms with van der Waals surface area (Å²) in [4.78, 5) is 73.4. The molecule has 1 saturated carbocycles. The number of halogens is 2. The van der Waals surface area contributed by atoms with Gasteiger partial charge < -0.3 is 44.6 Å². The molecule has 3 aliphatic heterocycles. The highest BCUT2D eigenvalue weighted by molar-refractivity contribution is 5.90. The number of nitrogens with zero attached hydrogens (tertiary/aromatic N) is 4. The van der Waals surface area contributed by atoms with Crippen LogP contribution in [0.2, 0.25) is 0 Å². The topological polar surface area (TPSA) is 184 Å². The summed E-state index contributed by atoms with van der Waals surface area (Å²) in [7, 11) is 2.54. The maximum Gasteiger partial charge on any atom is 0.407 e. The fraction of sp³-hybridized carbons (Fsp3) is 0.385. The first-order chi connectivity index (χ1) is 33.5. The van der Waals surface area contributed by atoms with Gasteiger partial charge >= 0.3 is 12.2 Å². The number of rotatable bonds is 10. The molecule has 6 aromatic rings. The van der Waals surface area contributed by atoms with Gasteiger partial charge in [0.25, 0.3) is 11.8 Å². The number of carbonyl (C=O) groups excluding carboxylic acids is 4. The Morgan fingerprint density at radius 2 is 1.48 bits per heavy atom. The summed E-state index contributed by atoms with van der Waals surface area (Å²) in [5, 5.41) is 5.52. The normalized spacial score (nSPS) is 22.3. The minimum absolute atomic E-state index is 0.0289. The first kappa shape index (κ1) is 44.4. The maximum atomic E-state index is 16.7. The molecular formula is C52H52F2N8O7. The summed E-state index contributed by atoms with van der Waals surface area (Å²) in [5.74, 6) is -2.44. The lowest BCUT2D eigenvalue weighted by atomic mass is 9.89. The monoisotopic (exact) mass is 938 g/mol. The molecule has 17 heteroatoms. The fourth-order valence-corrected chi connectivity index (χ4v) is 11.6. The van der Waals surface area contributed by atoms with Gasteiger partial charge in [-0.15, -0.1) is 0 Å². The van der Waals surface area contributed by atoms with E-state index in [9.17, 15) is 19.2 Å². The molecule has 15 nitrogen and oxygen atoms in total. The number of imidazole rings is 2. The van der Waals surface area contributed by atoms with Crippen LogP contribution in [0.3, 0.4) is 0 Å². The van der Waals surface area contributed by atoms with Crippen molar-refractivity contribution in [3.05, 3.63) is 119 Å². The van der Waals surface area contributed by atoms with Crippen LogP contribution in [0, 0.1) is 11.8 Å². The third kappa shape index (κ3) is 7.85. The van der Waals surface area contributed by atoms with Gasteiger partial charge in [0.2, 0.25) is 5.91 Å². The number of ether oxygens (including phenoxy) is 3. The number of alkyl halides is 2. The third-order valence-electron chi connectivity index (χ3n) is 15.0. The summed E-state index contributed by atoms with van der Waals surface area (Å²) < 4.78 is 48.8. The molecule has 5 aliphatic rings. The third-order valence-corrected chi connectivity index (χ3v) is 15.0. The molecule has 4 N–H and O–H groups in total. The van der Waals surface area contributed by atoms with Crippen LogP contribution in [0.25, 0.3) is 44.5 Å². The number of carbonyl (C=O) groups is 4. The number of aromatic amines is 2. The molecule has 4 amide bonds. The zero-order valence-electron chi connectivity index (χ0n) is 38.2. The summed E-state index contributed by atoms with van der Waals surface area (Å²) in [6.45, 7) is 1.49. The van der Waals surface area contributed by atoms with Crippen molar-refractivity contribution in [3.8, 4) is 33.5 Å². The van der Waals surface area contributed by atoms with Crippen molar-refractivity contribution in [2.45, 2.75) is 81.1 Å². The van der Waals surface area contributed by atoms with Gasteiger partial charge in [-0.2, -0.15) is 8.78 Å². The van der Waals surface area contributed by atoms with Crippen LogP contribution in [0.15, 0.2) is 91.1 Å². The number of alkyl carbamates (subject to hydrolysis) is 2. The van der Waals surface area contributed by atoms with Crippen LogP contribution in [0.1, 0.15) is 91.4 Å². The van der Waals surface area contributed by atoms with Gasteiger partial charge in [-0.1, -0.05) is 60.7 Å². The Balaban J connectivity index is 0.830. The number of nitrogens with one attached hydrogen (secondary N) is 4. The quantitative estimate of drug-likeness (QED) is 0.104. The molecule has 69 heavy (non-hydrogen) atoms. The van der Waals surface area contributed by atoms with Crippen LogP contribution in [-0.4, -0.2) is 99.8 Å². The second-order valence-corrected chi connectivity index (χ2v) is 18.8. The predicted octanol–water partition coefficient (Wildman–Crippen LogP) is 8.70. The Morgan fingerprint density at radius 1 is 0.783 bits per heavy atom. The Hall–Kier alpha value is -7.14. The molecule has 4 fully saturated rings. The number of H-pyrrole nitrogens is 2. The van der Waals surface area contributed by atoms with Crippen molar-refractivity contribution in [1.82, 2.24) is 40.4 Å². The Kier molecular flexibility index (Phi) is 11.4. The highest BCUT2D eigenvalue weighted by Gasteiger charge is 2.52. The zero-order chi connectivity index (χ0) is 47.6. The molecule has 6 atom stereocenters. The Bertz CT molecular complexity index is 2970. The van der Waals surface area contributed by atoms with Crippen molar-refractivity contribution < 1.29 is 42.2 Å². The molecular weight excluding hydrogens is 887 g/mol. The summed E-state index contributed by atoms with van der Waals surface area (Å²) in [5.41, 5.74) is 5.15. The second-order valence-electron chi connectivity index (χ2n) is 18.8. The van der Waals surface area contributed by atoms with Gasteiger partial charge in [-0.3, -0.25) is 9.59 Å². The highest BCUT2D eigenvalue weighted by atomic mass is 19.3. The highest BCUT2D eigenvalue weighted by Crippen LogP contribution is 2.53. The van der Waals surface area contributed by atoms with E-state index in [1.54, 1.807) is 59.6 Å². The molecule has 0 spiro atoms. The first-order valence-electron chi connectivity index (χ1n) is 23.7. The van der Waals surface area contributed by atoms with E-state index in [4.69, 9.17) is 19.2 Å². The van der Waals surface area contributed by atoms with E-state index in [0.29, 0.717) is 96.1 Å². The van der Waals surface area contributed by atoms with Crippen molar-refractivity contribution in [1.29, 1.82) is 0 Å². The Morgan fingerprint density at radius 3 is 2.23 bits per heavy atom. The van der Waals surface area contributed by atoms with Gasteiger partial charge in [0.1, 0.15) is 23.7 Å². The van der Waals surface area contributed by atoms with Crippen LogP contribution in [0.4, 0.5) is 18.4 Å². The number of hydrogen-bond acceptors (Lipinski definition) is 9. The maximum absolute atomic E-state index is 16.7. The molecule has 0 unspecified atom stereocenters. The smallest absolute Gasteiger partial charge is 0.407 e. The number of benzene rings is 4. The van der Waals surface area contributed by atoms with Gasteiger partial charge in [-0.05, 0) is 109 Å². The summed E-state index contributed by atoms with van der Waals surface area (Å²) in [6.07, 6.45) is 5.57. The number of methoxy groups -OCH3 is 2. The molecule has 0 radical (unpaired) electrons. The number of aromatic nitrogens is 4. The Labute approximate surface area is 396 Å². The number of hydrogen-bond donors (Lipinski definition) is 4. The largest absolute Gasteiger partial charge is 0.453 e. The SMILES string of the molecule is COC(=O)N[C@H](C(=O)N1[C@@H]2CC[C@H](C2)[C@H]1c1nc2ccc(-c3ccc4c(c3)C(F)(F)c3cc(-c5cnc([C@@H]6CCCN6C(=O)[C@H](NC(=O)OC)c6ccccc6)[nH]5)ccc3-4)cc2[nH]1)C1CCOCC1. The van der Waals surface area contributed by atoms with E-state index >= 15 is 8.78 Å². The fourth-order valence-electron chi connectivity index (χ4n) is 11.6. The standard InChI is InChI=1S/C52H52F2N8O7/c1-67-50(65)59-43(28-7-4-3-5-8-28)48(63)61-20-6-9-42(61)46-55-27-41(58-46)32-12-16-36-35-15-11-30(24-37(35)52(53,54)38(36)25-32)31-13-17-39-40(26-31)57-47(56-39)45-33-10-14-34(23-33)62(45)49(64)44(60-51(66)68-2)29-18-21-69-22-19-29/h3-5,7-8,11-13,15-17,24-27,29,33-34,42-45H,6,9-10,14,18-23H2,1-2H3,(H,55,58)(H,56,57)(H,59,65)(H,60,66)/t33-,34-,42+,43-,44+,45+/m1/s1. The van der Waals surface area contributed by atoms with E-state index in [-0.39, 0.29) is 46.9 Å². The average molecular weight is 939 g/mol. The minimum Gasteiger partial charge on any atom is -0.453 e. The van der Waals surface area contributed by atoms with Crippen molar-refractivity contribution in [3.63, 3.8) is 0 Å². The van der Waals surface area contributed by atoms with Crippen LogP contribution < -0.4 is 10.6 Å². The van der Waals surface area contributed by atoms with Gasteiger partial charge in [0.15, 0.2) is 0 Å². The average Bonchev–Trinajstić information content (AvgIpc) is 4.26. The lowest BCUT2D eigenvalue weighted by molar-refractivity contribution is -0.140. The summed E-state index contributed by atoms with van der Waals surface area (Å²) in [6, 6.07) is 22.4. The van der Waals surface area contributed by atoms with Crippen molar-refractivity contribution in [2.24, 2.45) is 11.8 Å². The number of fused-ring (bicyclic) bond motifs is 6. The molecule has 2 bridgehead atoms. The number of piperidine rings is 1. The molecule has 4 aromatic carbocycles. The molecule has 5 heterocycles. The lowest BCUT2D eigenvalue weighted by Gasteiger charge is -2.39. The van der Waals surface area contributed by atoms with E-state index in [1.165, 1.54) is 20.3 Å². The van der Waals surface area contributed by atoms with E-state index in [0.717, 1.165) is 30.3 Å². The first-order valence-corrected chi connectivity index (χ1v) is 23.7. The van der Waals surface area contributed by atoms with E-state index < -0.39 is 36.2 Å². The molecule has 2 aliphatic carbocycles.